The normalized spacial score (nSPS) is 32.3. The summed E-state index contributed by atoms with van der Waals surface area (Å²) in [5, 5.41) is 0. The van der Waals surface area contributed by atoms with Gasteiger partial charge in [-0.3, -0.25) is 4.79 Å². The fraction of sp³-hybridized carbons (Fsp3) is 0.774. The molecule has 7 heteroatoms. The van der Waals surface area contributed by atoms with Crippen molar-refractivity contribution in [3.63, 3.8) is 0 Å². The minimum Gasteiger partial charge on any atom is -0.486 e. The first kappa shape index (κ1) is 29.3. The van der Waals surface area contributed by atoms with Crippen LogP contribution in [-0.4, -0.2) is 43.9 Å². The predicted molar refractivity (Wildman–Crippen MR) is 148 cm³/mol. The van der Waals surface area contributed by atoms with Gasteiger partial charge in [0.2, 0.25) is 0 Å². The van der Waals surface area contributed by atoms with Crippen LogP contribution in [0.1, 0.15) is 96.8 Å². The minimum atomic E-state index is -0.729. The second-order valence-corrected chi connectivity index (χ2v) is 12.2. The fourth-order valence-electron chi connectivity index (χ4n) is 7.05. The number of pyridine rings is 1. The molecule has 4 rings (SSSR count). The maximum atomic E-state index is 13.7. The van der Waals surface area contributed by atoms with Crippen LogP contribution < -0.4 is 10.3 Å². The molecule has 3 heterocycles. The summed E-state index contributed by atoms with van der Waals surface area (Å²) >= 11 is 0. The molecule has 0 N–H and O–H groups in total. The van der Waals surface area contributed by atoms with Crippen LogP contribution in [-0.2, 0) is 31.6 Å². The van der Waals surface area contributed by atoms with E-state index in [2.05, 4.69) is 40.7 Å². The zero-order chi connectivity index (χ0) is 27.8. The van der Waals surface area contributed by atoms with Crippen LogP contribution in [0.5, 0.6) is 5.75 Å². The largest absolute Gasteiger partial charge is 0.486 e. The van der Waals surface area contributed by atoms with Crippen molar-refractivity contribution >= 4 is 0 Å². The van der Waals surface area contributed by atoms with E-state index in [0.717, 1.165) is 18.4 Å². The Morgan fingerprint density at radius 3 is 2.53 bits per heavy atom. The average molecular weight is 532 g/mol. The van der Waals surface area contributed by atoms with Crippen molar-refractivity contribution in [3.05, 3.63) is 39.3 Å². The minimum absolute atomic E-state index is 0.0246. The second-order valence-electron chi connectivity index (χ2n) is 12.2. The highest BCUT2D eigenvalue weighted by atomic mass is 16.7. The molecule has 1 saturated heterocycles. The number of ether oxygens (including phenoxy) is 5. The summed E-state index contributed by atoms with van der Waals surface area (Å²) < 4.78 is 32.9. The molecule has 7 unspecified atom stereocenters. The van der Waals surface area contributed by atoms with E-state index >= 15 is 0 Å². The summed E-state index contributed by atoms with van der Waals surface area (Å²) in [7, 11) is 6.88. The zero-order valence-corrected chi connectivity index (χ0v) is 25.0. The van der Waals surface area contributed by atoms with E-state index in [1.807, 2.05) is 13.2 Å². The summed E-state index contributed by atoms with van der Waals surface area (Å²) in [6.07, 6.45) is 9.58. The molecule has 0 spiro atoms. The number of nitrogens with zero attached hydrogens (tertiary/aromatic N) is 1. The van der Waals surface area contributed by atoms with E-state index in [9.17, 15) is 4.79 Å². The number of methoxy groups -OCH3 is 3. The lowest BCUT2D eigenvalue weighted by Gasteiger charge is -2.45. The van der Waals surface area contributed by atoms with Gasteiger partial charge in [0, 0.05) is 53.0 Å². The third kappa shape index (κ3) is 5.12. The molecule has 2 fully saturated rings. The molecule has 7 atom stereocenters. The molecule has 3 aliphatic rings. The molecule has 0 radical (unpaired) electrons. The second kappa shape index (κ2) is 11.4. The van der Waals surface area contributed by atoms with Gasteiger partial charge in [-0.2, -0.15) is 0 Å². The third-order valence-corrected chi connectivity index (χ3v) is 9.58. The van der Waals surface area contributed by atoms with E-state index in [4.69, 9.17) is 23.7 Å². The van der Waals surface area contributed by atoms with Crippen molar-refractivity contribution in [2.45, 2.75) is 109 Å². The van der Waals surface area contributed by atoms with Gasteiger partial charge in [0.25, 0.3) is 5.56 Å². The maximum Gasteiger partial charge on any atom is 0.259 e. The fourth-order valence-corrected chi connectivity index (χ4v) is 7.05. The smallest absolute Gasteiger partial charge is 0.259 e. The van der Waals surface area contributed by atoms with Crippen LogP contribution in [0.15, 0.2) is 22.6 Å². The van der Waals surface area contributed by atoms with Crippen molar-refractivity contribution in [2.75, 3.05) is 21.3 Å². The van der Waals surface area contributed by atoms with Gasteiger partial charge in [0.05, 0.1) is 17.8 Å². The van der Waals surface area contributed by atoms with Gasteiger partial charge in [-0.25, -0.2) is 0 Å². The van der Waals surface area contributed by atoms with E-state index in [-0.39, 0.29) is 23.9 Å². The van der Waals surface area contributed by atoms with E-state index in [0.29, 0.717) is 48.3 Å². The molecular formula is C31H49NO6. The monoisotopic (exact) mass is 531 g/mol. The molecule has 0 bridgehead atoms. The predicted octanol–water partition coefficient (Wildman–Crippen LogP) is 6.04. The van der Waals surface area contributed by atoms with Crippen molar-refractivity contribution in [1.82, 2.24) is 4.57 Å². The Balaban J connectivity index is 1.68. The molecule has 1 aliphatic carbocycles. The van der Waals surface area contributed by atoms with Crippen LogP contribution in [0.2, 0.25) is 0 Å². The highest BCUT2D eigenvalue weighted by molar-refractivity contribution is 5.49. The molecule has 1 aromatic rings. The molecular weight excluding hydrogens is 482 g/mol. The number of hydrogen-bond donors (Lipinski definition) is 0. The van der Waals surface area contributed by atoms with Crippen molar-refractivity contribution in [1.29, 1.82) is 0 Å². The first-order chi connectivity index (χ1) is 18.0. The Bertz CT molecular complexity index is 1070. The summed E-state index contributed by atoms with van der Waals surface area (Å²) in [4.78, 5) is 13.7. The topological polar surface area (TPSA) is 68.2 Å². The van der Waals surface area contributed by atoms with Crippen LogP contribution in [0.25, 0.3) is 0 Å². The summed E-state index contributed by atoms with van der Waals surface area (Å²) in [6, 6.07) is 0. The molecule has 7 nitrogen and oxygen atoms in total. The van der Waals surface area contributed by atoms with Gasteiger partial charge < -0.3 is 28.3 Å². The van der Waals surface area contributed by atoms with Gasteiger partial charge in [-0.15, -0.1) is 0 Å². The number of hydrogen-bond acceptors (Lipinski definition) is 6. The van der Waals surface area contributed by atoms with Crippen LogP contribution >= 0.6 is 0 Å². The SMILES string of the molecule is CCC(C)CC(C)/C=C(\C)C1OC(c2c3c(cn(C)c2=O)C2(OC)CCC(OC)(OC)CC2O3)CCC1C. The van der Waals surface area contributed by atoms with Crippen LogP contribution in [0.4, 0.5) is 0 Å². The Hall–Kier alpha value is -1.67. The van der Waals surface area contributed by atoms with E-state index in [1.165, 1.54) is 18.4 Å². The van der Waals surface area contributed by atoms with Gasteiger partial charge in [-0.05, 0) is 55.9 Å². The van der Waals surface area contributed by atoms with Crippen LogP contribution in [0, 0.1) is 17.8 Å². The Labute approximate surface area is 228 Å². The summed E-state index contributed by atoms with van der Waals surface area (Å²) in [6.45, 7) is 11.3. The highest BCUT2D eigenvalue weighted by Crippen LogP contribution is 2.55. The average Bonchev–Trinajstić information content (AvgIpc) is 3.22. The number of allylic oxidation sites excluding steroid dienone is 1. The molecule has 38 heavy (non-hydrogen) atoms. The first-order valence-corrected chi connectivity index (χ1v) is 14.4. The van der Waals surface area contributed by atoms with Gasteiger partial charge in [-0.1, -0.05) is 40.2 Å². The third-order valence-electron chi connectivity index (χ3n) is 9.58. The number of aryl methyl sites for hydroxylation is 1. The highest BCUT2D eigenvalue weighted by Gasteiger charge is 2.58. The van der Waals surface area contributed by atoms with Crippen molar-refractivity contribution < 1.29 is 23.7 Å². The van der Waals surface area contributed by atoms with Gasteiger partial charge in [0.15, 0.2) is 5.79 Å². The van der Waals surface area contributed by atoms with E-state index < -0.39 is 11.4 Å². The molecule has 1 saturated carbocycles. The molecule has 1 aromatic heterocycles. The first-order valence-electron chi connectivity index (χ1n) is 14.4. The number of fused-ring (bicyclic) bond motifs is 3. The molecule has 2 aliphatic heterocycles. The van der Waals surface area contributed by atoms with E-state index in [1.54, 1.807) is 25.9 Å². The lowest BCUT2D eigenvalue weighted by molar-refractivity contribution is -0.263. The lowest BCUT2D eigenvalue weighted by atomic mass is 9.76. The number of rotatable bonds is 9. The molecule has 214 valence electrons. The van der Waals surface area contributed by atoms with Gasteiger partial charge >= 0.3 is 0 Å². The Morgan fingerprint density at radius 2 is 1.89 bits per heavy atom. The van der Waals surface area contributed by atoms with Crippen molar-refractivity contribution in [2.24, 2.45) is 24.8 Å². The van der Waals surface area contributed by atoms with Crippen LogP contribution in [0.3, 0.4) is 0 Å². The van der Waals surface area contributed by atoms with Gasteiger partial charge in [0.1, 0.15) is 17.5 Å². The standard InChI is InChI=1S/C31H49NO6/c1-10-19(2)15-20(3)16-22(5)27-21(4)11-12-24(37-27)26-28-23(18-32(6)29(26)33)31(36-9)14-13-30(34-7,35-8)17-25(31)38-28/h16,18-21,24-25,27H,10-15,17H2,1-9H3/b22-16+. The maximum absolute atomic E-state index is 13.7. The molecule has 0 aromatic carbocycles. The Kier molecular flexibility index (Phi) is 8.83. The number of aromatic nitrogens is 1. The lowest BCUT2D eigenvalue weighted by Crippen LogP contribution is -2.53. The Morgan fingerprint density at radius 1 is 1.18 bits per heavy atom. The quantitative estimate of drug-likeness (QED) is 0.286. The van der Waals surface area contributed by atoms with Crippen molar-refractivity contribution in [3.8, 4) is 5.75 Å². The summed E-state index contributed by atoms with van der Waals surface area (Å²) in [5.74, 6) is 1.48. The summed E-state index contributed by atoms with van der Waals surface area (Å²) in [5.41, 5.74) is 2.09. The molecule has 0 amide bonds. The zero-order valence-electron chi connectivity index (χ0n) is 25.0.